The molecule has 2 atom stereocenters. The van der Waals surface area contributed by atoms with Crippen molar-refractivity contribution in [2.24, 2.45) is 0 Å². The number of anilines is 1. The fourth-order valence-electron chi connectivity index (χ4n) is 2.30. The molecule has 1 saturated heterocycles. The molecule has 2 N–H and O–H groups in total. The number of nitrogens with one attached hydrogen (secondary N) is 2. The molecule has 0 amide bonds. The van der Waals surface area contributed by atoms with Crippen molar-refractivity contribution in [3.05, 3.63) is 33.3 Å². The number of nitro groups is 1. The highest BCUT2D eigenvalue weighted by atomic mass is 35.5. The first-order valence-corrected chi connectivity index (χ1v) is 6.95. The Morgan fingerprint density at radius 1 is 1.65 bits per heavy atom. The Hall–Kier alpha value is -1.37. The van der Waals surface area contributed by atoms with Gasteiger partial charge in [0.1, 0.15) is 5.69 Å². The van der Waals surface area contributed by atoms with Crippen molar-refractivity contribution in [3.63, 3.8) is 0 Å². The standard InChI is InChI=1S/C13H18ClN3O3/c1-9(6-11-8-20-5-4-15-11)16-12-3-2-10(14)7-13(12)17(18)19/h2-3,7,9,11,15-16H,4-6,8H2,1H3. The van der Waals surface area contributed by atoms with E-state index >= 15 is 0 Å². The molecule has 6 nitrogen and oxygen atoms in total. The Labute approximate surface area is 122 Å². The molecule has 0 aliphatic carbocycles. The molecule has 1 aromatic carbocycles. The largest absolute Gasteiger partial charge is 0.379 e. The Bertz CT molecular complexity index is 478. The number of nitrogens with zero attached hydrogens (tertiary/aromatic N) is 1. The molecule has 1 aromatic rings. The molecule has 1 aliphatic heterocycles. The highest BCUT2D eigenvalue weighted by Gasteiger charge is 2.19. The van der Waals surface area contributed by atoms with E-state index in [0.29, 0.717) is 17.3 Å². The van der Waals surface area contributed by atoms with Gasteiger partial charge in [-0.25, -0.2) is 0 Å². The highest BCUT2D eigenvalue weighted by molar-refractivity contribution is 6.30. The lowest BCUT2D eigenvalue weighted by Gasteiger charge is -2.27. The normalized spacial score (nSPS) is 20.4. The van der Waals surface area contributed by atoms with Crippen LogP contribution in [-0.4, -0.2) is 36.8 Å². The predicted molar refractivity (Wildman–Crippen MR) is 78.4 cm³/mol. The molecule has 110 valence electrons. The molecule has 0 radical (unpaired) electrons. The van der Waals surface area contributed by atoms with Crippen LogP contribution in [0.2, 0.25) is 5.02 Å². The zero-order valence-corrected chi connectivity index (χ0v) is 12.0. The number of nitro benzene ring substituents is 1. The summed E-state index contributed by atoms with van der Waals surface area (Å²) < 4.78 is 5.39. The number of benzene rings is 1. The van der Waals surface area contributed by atoms with E-state index in [4.69, 9.17) is 16.3 Å². The second-order valence-corrected chi connectivity index (χ2v) is 5.36. The van der Waals surface area contributed by atoms with Gasteiger partial charge < -0.3 is 15.4 Å². The van der Waals surface area contributed by atoms with Gasteiger partial charge in [-0.05, 0) is 25.5 Å². The second kappa shape index (κ2) is 6.88. The van der Waals surface area contributed by atoms with Crippen molar-refractivity contribution in [2.45, 2.75) is 25.4 Å². The maximum absolute atomic E-state index is 11.0. The summed E-state index contributed by atoms with van der Waals surface area (Å²) in [6.45, 7) is 4.25. The van der Waals surface area contributed by atoms with Gasteiger partial charge >= 0.3 is 0 Å². The number of halogens is 1. The van der Waals surface area contributed by atoms with Crippen LogP contribution in [0.4, 0.5) is 11.4 Å². The third kappa shape index (κ3) is 4.06. The second-order valence-electron chi connectivity index (χ2n) is 4.93. The number of hydrogen-bond acceptors (Lipinski definition) is 5. The Morgan fingerprint density at radius 3 is 3.10 bits per heavy atom. The van der Waals surface area contributed by atoms with Crippen molar-refractivity contribution in [3.8, 4) is 0 Å². The fourth-order valence-corrected chi connectivity index (χ4v) is 2.47. The zero-order valence-electron chi connectivity index (χ0n) is 11.3. The van der Waals surface area contributed by atoms with Crippen LogP contribution >= 0.6 is 11.6 Å². The van der Waals surface area contributed by atoms with Gasteiger partial charge in [0.2, 0.25) is 0 Å². The topological polar surface area (TPSA) is 76.4 Å². The fraction of sp³-hybridized carbons (Fsp3) is 0.538. The van der Waals surface area contributed by atoms with E-state index in [1.54, 1.807) is 12.1 Å². The Balaban J connectivity index is 1.99. The third-order valence-corrected chi connectivity index (χ3v) is 3.43. The predicted octanol–water partition coefficient (Wildman–Crippen LogP) is 2.43. The summed E-state index contributed by atoms with van der Waals surface area (Å²) in [5.41, 5.74) is 0.487. The van der Waals surface area contributed by atoms with Crippen LogP contribution in [0.3, 0.4) is 0 Å². The van der Waals surface area contributed by atoms with Crippen LogP contribution in [0, 0.1) is 10.1 Å². The molecule has 0 aromatic heterocycles. The molecule has 2 rings (SSSR count). The van der Waals surface area contributed by atoms with Crippen molar-refractivity contribution >= 4 is 23.0 Å². The molecule has 0 spiro atoms. The Kier molecular flexibility index (Phi) is 5.17. The van der Waals surface area contributed by atoms with Gasteiger partial charge in [0.05, 0.1) is 18.1 Å². The van der Waals surface area contributed by atoms with Crippen molar-refractivity contribution in [1.29, 1.82) is 0 Å². The molecule has 7 heteroatoms. The average molecular weight is 300 g/mol. The van der Waals surface area contributed by atoms with Gasteiger partial charge in [-0.1, -0.05) is 11.6 Å². The van der Waals surface area contributed by atoms with E-state index in [2.05, 4.69) is 10.6 Å². The van der Waals surface area contributed by atoms with Crippen LogP contribution < -0.4 is 10.6 Å². The van der Waals surface area contributed by atoms with Gasteiger partial charge in [0.25, 0.3) is 5.69 Å². The quantitative estimate of drug-likeness (QED) is 0.645. The van der Waals surface area contributed by atoms with E-state index in [-0.39, 0.29) is 17.8 Å². The number of rotatable bonds is 5. The van der Waals surface area contributed by atoms with Gasteiger partial charge in [-0.15, -0.1) is 0 Å². The maximum atomic E-state index is 11.0. The SMILES string of the molecule is CC(CC1COCCN1)Nc1ccc(Cl)cc1[N+](=O)[O-]. The molecule has 2 unspecified atom stereocenters. The molecule has 20 heavy (non-hydrogen) atoms. The van der Waals surface area contributed by atoms with Crippen LogP contribution in [0.5, 0.6) is 0 Å². The lowest BCUT2D eigenvalue weighted by molar-refractivity contribution is -0.384. The van der Waals surface area contributed by atoms with Crippen LogP contribution in [0.1, 0.15) is 13.3 Å². The molecular formula is C13H18ClN3O3. The molecule has 0 saturated carbocycles. The van der Waals surface area contributed by atoms with Crippen LogP contribution in [-0.2, 0) is 4.74 Å². The van der Waals surface area contributed by atoms with E-state index in [0.717, 1.165) is 19.6 Å². The first-order valence-electron chi connectivity index (χ1n) is 6.58. The van der Waals surface area contributed by atoms with E-state index in [1.807, 2.05) is 6.92 Å². The number of ether oxygens (including phenoxy) is 1. The minimum absolute atomic E-state index is 0.00259. The van der Waals surface area contributed by atoms with E-state index < -0.39 is 4.92 Å². The first-order chi connectivity index (χ1) is 9.56. The summed E-state index contributed by atoms with van der Waals surface area (Å²) in [5.74, 6) is 0. The smallest absolute Gasteiger partial charge is 0.293 e. The average Bonchev–Trinajstić information content (AvgIpc) is 2.41. The first kappa shape index (κ1) is 15.0. The van der Waals surface area contributed by atoms with Gasteiger partial charge in [0.15, 0.2) is 0 Å². The number of morpholine rings is 1. The van der Waals surface area contributed by atoms with Gasteiger partial charge in [-0.3, -0.25) is 10.1 Å². The molecule has 1 fully saturated rings. The van der Waals surface area contributed by atoms with E-state index in [1.165, 1.54) is 6.07 Å². The monoisotopic (exact) mass is 299 g/mol. The maximum Gasteiger partial charge on any atom is 0.293 e. The van der Waals surface area contributed by atoms with E-state index in [9.17, 15) is 10.1 Å². The summed E-state index contributed by atoms with van der Waals surface area (Å²) in [6.07, 6.45) is 0.833. The van der Waals surface area contributed by atoms with Crippen molar-refractivity contribution < 1.29 is 9.66 Å². The highest BCUT2D eigenvalue weighted by Crippen LogP contribution is 2.28. The van der Waals surface area contributed by atoms with Gasteiger partial charge in [0, 0.05) is 29.7 Å². The summed E-state index contributed by atoms with van der Waals surface area (Å²) in [6, 6.07) is 5.01. The molecular weight excluding hydrogens is 282 g/mol. The van der Waals surface area contributed by atoms with Crippen molar-refractivity contribution in [2.75, 3.05) is 25.1 Å². The summed E-state index contributed by atoms with van der Waals surface area (Å²) >= 11 is 5.79. The Morgan fingerprint density at radius 2 is 2.45 bits per heavy atom. The summed E-state index contributed by atoms with van der Waals surface area (Å²) in [4.78, 5) is 10.6. The molecule has 1 aliphatic rings. The summed E-state index contributed by atoms with van der Waals surface area (Å²) in [5, 5.41) is 17.9. The summed E-state index contributed by atoms with van der Waals surface area (Å²) in [7, 11) is 0. The number of hydrogen-bond donors (Lipinski definition) is 2. The van der Waals surface area contributed by atoms with Crippen LogP contribution in [0.15, 0.2) is 18.2 Å². The van der Waals surface area contributed by atoms with Crippen LogP contribution in [0.25, 0.3) is 0 Å². The third-order valence-electron chi connectivity index (χ3n) is 3.19. The van der Waals surface area contributed by atoms with Gasteiger partial charge in [-0.2, -0.15) is 0 Å². The minimum atomic E-state index is -0.428. The zero-order chi connectivity index (χ0) is 14.5. The van der Waals surface area contributed by atoms with Crippen molar-refractivity contribution in [1.82, 2.24) is 5.32 Å². The molecule has 1 heterocycles. The minimum Gasteiger partial charge on any atom is -0.379 e. The molecule has 0 bridgehead atoms. The lowest BCUT2D eigenvalue weighted by Crippen LogP contribution is -2.43. The lowest BCUT2D eigenvalue weighted by atomic mass is 10.1.